The third kappa shape index (κ3) is 4.45. The molecule has 1 N–H and O–H groups in total. The first-order chi connectivity index (χ1) is 19.0. The van der Waals surface area contributed by atoms with Crippen LogP contribution in [-0.2, 0) is 22.9 Å². The van der Waals surface area contributed by atoms with Crippen molar-refractivity contribution in [3.8, 4) is 11.5 Å². The van der Waals surface area contributed by atoms with E-state index in [9.17, 15) is 13.2 Å². The van der Waals surface area contributed by atoms with Gasteiger partial charge in [-0.3, -0.25) is 10.3 Å². The van der Waals surface area contributed by atoms with Crippen molar-refractivity contribution in [2.24, 2.45) is 11.0 Å². The highest BCUT2D eigenvalue weighted by Crippen LogP contribution is 2.56. The van der Waals surface area contributed by atoms with Crippen molar-refractivity contribution in [3.05, 3.63) is 53.1 Å². The smallest absolute Gasteiger partial charge is 0.420 e. The number of hydrogen-bond donors (Lipinski definition) is 1. The first kappa shape index (κ1) is 27.1. The number of nitrogens with zero attached hydrogens (tertiary/aromatic N) is 4. The van der Waals surface area contributed by atoms with Gasteiger partial charge in [0, 0.05) is 38.2 Å². The monoisotopic (exact) mass is 555 g/mol. The lowest BCUT2D eigenvalue weighted by molar-refractivity contribution is -0.136. The number of hydrazone groups is 1. The van der Waals surface area contributed by atoms with E-state index in [1.165, 1.54) is 6.07 Å². The SMILES string of the molecule is CO[C@@H]1CCCN(Cc2cc(C(F)(F)F)c3oc(-c4cccc(C5(C6(C)NN=CN6C)CC(C)C5)c4)nc3c2)C1. The highest BCUT2D eigenvalue weighted by atomic mass is 19.4. The van der Waals surface area contributed by atoms with Crippen LogP contribution >= 0.6 is 0 Å². The molecule has 0 radical (unpaired) electrons. The van der Waals surface area contributed by atoms with Crippen molar-refractivity contribution < 1.29 is 22.3 Å². The second-order valence-corrected chi connectivity index (χ2v) is 12.0. The van der Waals surface area contributed by atoms with E-state index < -0.39 is 17.4 Å². The van der Waals surface area contributed by atoms with Gasteiger partial charge in [-0.05, 0) is 80.5 Å². The lowest BCUT2D eigenvalue weighted by atomic mass is 9.53. The van der Waals surface area contributed by atoms with Gasteiger partial charge in [0.1, 0.15) is 23.1 Å². The van der Waals surface area contributed by atoms with E-state index in [0.29, 0.717) is 30.1 Å². The number of alkyl halides is 3. The Hall–Kier alpha value is -3.11. The van der Waals surface area contributed by atoms with Crippen LogP contribution in [0.4, 0.5) is 13.2 Å². The molecule has 3 aliphatic rings. The van der Waals surface area contributed by atoms with E-state index in [2.05, 4.69) is 45.2 Å². The molecule has 2 aliphatic heterocycles. The molecule has 40 heavy (non-hydrogen) atoms. The topological polar surface area (TPSA) is 66.1 Å². The van der Waals surface area contributed by atoms with Gasteiger partial charge < -0.3 is 14.1 Å². The summed E-state index contributed by atoms with van der Waals surface area (Å²) >= 11 is 0. The van der Waals surface area contributed by atoms with E-state index in [0.717, 1.165) is 37.8 Å². The molecule has 214 valence electrons. The standard InChI is InChI=1S/C30H36F3N5O2/c1-19-14-29(15-19,28(2)36-34-18-37(28)3)22-8-5-7-21(13-22)27-35-25-12-20(11-24(26(25)40-27)30(31,32)33)16-38-10-6-9-23(17-38)39-4/h5,7-8,11-13,18-19,23,36H,6,9-10,14-17H2,1-4H3/t19?,23-,28?,29?/m1/s1. The molecule has 0 amide bonds. The van der Waals surface area contributed by atoms with Gasteiger partial charge >= 0.3 is 6.18 Å². The van der Waals surface area contributed by atoms with Crippen LogP contribution in [-0.4, -0.2) is 60.1 Å². The molecule has 1 unspecified atom stereocenters. The Bertz CT molecular complexity index is 1430. The number of aromatic nitrogens is 1. The summed E-state index contributed by atoms with van der Waals surface area (Å²) in [7, 11) is 3.69. The Balaban J connectivity index is 1.37. The van der Waals surface area contributed by atoms with Gasteiger partial charge in [0.25, 0.3) is 0 Å². The molecule has 0 bridgehead atoms. The number of likely N-dealkylation sites (N-methyl/N-ethyl adjacent to an activating group) is 1. The predicted molar refractivity (Wildman–Crippen MR) is 148 cm³/mol. The molecular weight excluding hydrogens is 519 g/mol. The summed E-state index contributed by atoms with van der Waals surface area (Å²) in [5.74, 6) is 0.737. The van der Waals surface area contributed by atoms with Crippen molar-refractivity contribution in [1.29, 1.82) is 0 Å². The molecule has 2 aromatic carbocycles. The molecule has 2 fully saturated rings. The van der Waals surface area contributed by atoms with Crippen molar-refractivity contribution in [2.45, 2.75) is 69.4 Å². The summed E-state index contributed by atoms with van der Waals surface area (Å²) in [4.78, 5) is 8.83. The van der Waals surface area contributed by atoms with Gasteiger partial charge in [0.05, 0.1) is 6.10 Å². The molecule has 10 heteroatoms. The third-order valence-corrected chi connectivity index (χ3v) is 9.26. The van der Waals surface area contributed by atoms with E-state index >= 15 is 0 Å². The summed E-state index contributed by atoms with van der Waals surface area (Å²) in [5.41, 5.74) is 4.18. The highest BCUT2D eigenvalue weighted by molar-refractivity contribution is 5.81. The molecule has 1 saturated carbocycles. The number of fused-ring (bicyclic) bond motifs is 1. The quantitative estimate of drug-likeness (QED) is 0.403. The molecule has 1 saturated heterocycles. The number of hydrogen-bond acceptors (Lipinski definition) is 7. The Morgan fingerprint density at radius 2 is 2.00 bits per heavy atom. The van der Waals surface area contributed by atoms with Crippen LogP contribution in [0.2, 0.25) is 0 Å². The van der Waals surface area contributed by atoms with Crippen molar-refractivity contribution >= 4 is 17.4 Å². The molecular formula is C30H36F3N5O2. The van der Waals surface area contributed by atoms with Crippen molar-refractivity contribution in [3.63, 3.8) is 0 Å². The summed E-state index contributed by atoms with van der Waals surface area (Å²) in [6.07, 6.45) is 1.17. The first-order valence-electron chi connectivity index (χ1n) is 13.9. The minimum Gasteiger partial charge on any atom is -0.435 e. The van der Waals surface area contributed by atoms with Crippen molar-refractivity contribution in [2.75, 3.05) is 27.2 Å². The molecule has 1 aliphatic carbocycles. The fraction of sp³-hybridized carbons (Fsp3) is 0.533. The van der Waals surface area contributed by atoms with E-state index in [1.807, 2.05) is 25.2 Å². The molecule has 6 rings (SSSR count). The molecule has 1 aromatic heterocycles. The van der Waals surface area contributed by atoms with Crippen LogP contribution in [0.3, 0.4) is 0 Å². The summed E-state index contributed by atoms with van der Waals surface area (Å²) < 4.78 is 54.0. The van der Waals surface area contributed by atoms with Crippen LogP contribution in [0.1, 0.15) is 56.2 Å². The molecule has 2 atom stereocenters. The lowest BCUT2D eigenvalue weighted by Gasteiger charge is -2.58. The average molecular weight is 556 g/mol. The number of ether oxygens (including phenoxy) is 1. The number of methoxy groups -OCH3 is 1. The number of nitrogens with one attached hydrogen (secondary N) is 1. The summed E-state index contributed by atoms with van der Waals surface area (Å²) in [6, 6.07) is 10.8. The Morgan fingerprint density at radius 3 is 2.67 bits per heavy atom. The van der Waals surface area contributed by atoms with Crippen LogP contribution in [0, 0.1) is 5.92 Å². The molecule has 3 heterocycles. The minimum atomic E-state index is -4.57. The van der Waals surface area contributed by atoms with Gasteiger partial charge in [-0.1, -0.05) is 19.1 Å². The van der Waals surface area contributed by atoms with Gasteiger partial charge in [-0.25, -0.2) is 4.98 Å². The zero-order valence-electron chi connectivity index (χ0n) is 23.4. The summed E-state index contributed by atoms with van der Waals surface area (Å²) in [5, 5.41) is 4.32. The largest absolute Gasteiger partial charge is 0.435 e. The number of oxazole rings is 1. The first-order valence-corrected chi connectivity index (χ1v) is 13.9. The normalized spacial score (nSPS) is 29.1. The fourth-order valence-corrected chi connectivity index (χ4v) is 7.00. The number of likely N-dealkylation sites (tertiary alicyclic amines) is 1. The van der Waals surface area contributed by atoms with Crippen LogP contribution in [0.25, 0.3) is 22.6 Å². The van der Waals surface area contributed by atoms with E-state index in [-0.39, 0.29) is 28.5 Å². The van der Waals surface area contributed by atoms with Crippen molar-refractivity contribution in [1.82, 2.24) is 20.2 Å². The fourth-order valence-electron chi connectivity index (χ4n) is 7.00. The maximum absolute atomic E-state index is 14.2. The zero-order chi connectivity index (χ0) is 28.3. The number of rotatable bonds is 6. The van der Waals surface area contributed by atoms with Gasteiger partial charge in [0.15, 0.2) is 5.58 Å². The second kappa shape index (κ2) is 9.76. The van der Waals surface area contributed by atoms with Gasteiger partial charge in [-0.2, -0.15) is 18.3 Å². The van der Waals surface area contributed by atoms with Crippen LogP contribution < -0.4 is 5.43 Å². The summed E-state index contributed by atoms with van der Waals surface area (Å²) in [6.45, 7) is 6.30. The maximum atomic E-state index is 14.2. The number of halogens is 3. The number of benzene rings is 2. The van der Waals surface area contributed by atoms with E-state index in [4.69, 9.17) is 9.15 Å². The molecule has 0 spiro atoms. The van der Waals surface area contributed by atoms with E-state index in [1.54, 1.807) is 19.5 Å². The zero-order valence-corrected chi connectivity index (χ0v) is 23.4. The minimum absolute atomic E-state index is 0.0977. The number of piperidine rings is 1. The van der Waals surface area contributed by atoms with Gasteiger partial charge in [-0.15, -0.1) is 0 Å². The second-order valence-electron chi connectivity index (χ2n) is 12.0. The molecule has 7 nitrogen and oxygen atoms in total. The Morgan fingerprint density at radius 1 is 1.20 bits per heavy atom. The average Bonchev–Trinajstić information content (AvgIpc) is 3.49. The van der Waals surface area contributed by atoms with Crippen LogP contribution in [0.5, 0.6) is 0 Å². The lowest BCUT2D eigenvalue weighted by Crippen LogP contribution is -2.67. The Labute approximate surface area is 232 Å². The molecule has 3 aromatic rings. The maximum Gasteiger partial charge on any atom is 0.420 e. The predicted octanol–water partition coefficient (Wildman–Crippen LogP) is 5.99. The Kier molecular flexibility index (Phi) is 6.61. The van der Waals surface area contributed by atoms with Gasteiger partial charge in [0.2, 0.25) is 5.89 Å². The third-order valence-electron chi connectivity index (χ3n) is 9.26. The van der Waals surface area contributed by atoms with Crippen LogP contribution in [0.15, 0.2) is 45.9 Å². The highest BCUT2D eigenvalue weighted by Gasteiger charge is 2.59.